The minimum Gasteiger partial charge on any atom is -0.342 e. The SMILES string of the molecule is O=C(CNCc1csc(-c2ccccn2)n1)N1CCCC1. The van der Waals surface area contributed by atoms with E-state index >= 15 is 0 Å². The Morgan fingerprint density at radius 3 is 2.95 bits per heavy atom. The minimum atomic E-state index is 0.188. The third-order valence-electron chi connectivity index (χ3n) is 3.48. The van der Waals surface area contributed by atoms with Crippen molar-refractivity contribution in [1.82, 2.24) is 20.2 Å². The lowest BCUT2D eigenvalue weighted by Gasteiger charge is -2.15. The van der Waals surface area contributed by atoms with Crippen molar-refractivity contribution >= 4 is 17.2 Å². The zero-order valence-electron chi connectivity index (χ0n) is 11.8. The van der Waals surface area contributed by atoms with Crippen molar-refractivity contribution in [2.24, 2.45) is 0 Å². The summed E-state index contributed by atoms with van der Waals surface area (Å²) in [5.74, 6) is 0.188. The maximum atomic E-state index is 11.9. The summed E-state index contributed by atoms with van der Waals surface area (Å²) in [6, 6.07) is 5.80. The average molecular weight is 302 g/mol. The molecule has 110 valence electrons. The highest BCUT2D eigenvalue weighted by atomic mass is 32.1. The predicted octanol–water partition coefficient (Wildman–Crippen LogP) is 1.92. The Morgan fingerprint density at radius 2 is 2.19 bits per heavy atom. The molecule has 2 aromatic heterocycles. The second kappa shape index (κ2) is 6.78. The number of hydrogen-bond donors (Lipinski definition) is 1. The Balaban J connectivity index is 1.50. The number of rotatable bonds is 5. The van der Waals surface area contributed by atoms with E-state index in [0.717, 1.165) is 42.3 Å². The summed E-state index contributed by atoms with van der Waals surface area (Å²) < 4.78 is 0. The molecule has 0 saturated carbocycles. The molecule has 1 fully saturated rings. The van der Waals surface area contributed by atoms with E-state index in [1.54, 1.807) is 17.5 Å². The van der Waals surface area contributed by atoms with Crippen molar-refractivity contribution in [3.63, 3.8) is 0 Å². The molecule has 0 atom stereocenters. The molecule has 2 aromatic rings. The number of nitrogens with one attached hydrogen (secondary N) is 1. The van der Waals surface area contributed by atoms with Crippen LogP contribution in [-0.4, -0.2) is 40.4 Å². The lowest BCUT2D eigenvalue weighted by molar-refractivity contribution is -0.129. The fourth-order valence-electron chi connectivity index (χ4n) is 2.37. The summed E-state index contributed by atoms with van der Waals surface area (Å²) in [6.45, 7) is 2.81. The number of likely N-dealkylation sites (tertiary alicyclic amines) is 1. The van der Waals surface area contributed by atoms with Crippen LogP contribution in [0.3, 0.4) is 0 Å². The molecular weight excluding hydrogens is 284 g/mol. The van der Waals surface area contributed by atoms with Gasteiger partial charge in [0.25, 0.3) is 0 Å². The largest absolute Gasteiger partial charge is 0.342 e. The van der Waals surface area contributed by atoms with Gasteiger partial charge in [-0.05, 0) is 25.0 Å². The summed E-state index contributed by atoms with van der Waals surface area (Å²) in [7, 11) is 0. The van der Waals surface area contributed by atoms with E-state index in [9.17, 15) is 4.79 Å². The molecule has 0 bridgehead atoms. The van der Waals surface area contributed by atoms with Gasteiger partial charge in [-0.15, -0.1) is 11.3 Å². The van der Waals surface area contributed by atoms with Gasteiger partial charge in [0.2, 0.25) is 5.91 Å². The molecule has 1 N–H and O–H groups in total. The van der Waals surface area contributed by atoms with Crippen LogP contribution in [0.15, 0.2) is 29.8 Å². The first kappa shape index (κ1) is 14.2. The first-order chi connectivity index (χ1) is 10.3. The normalized spacial score (nSPS) is 14.6. The Kier molecular flexibility index (Phi) is 4.57. The number of hydrogen-bond acceptors (Lipinski definition) is 5. The molecular formula is C15H18N4OS. The molecule has 1 amide bonds. The van der Waals surface area contributed by atoms with Crippen LogP contribution in [0.1, 0.15) is 18.5 Å². The first-order valence-corrected chi connectivity index (χ1v) is 8.05. The Bertz CT molecular complexity index is 593. The fraction of sp³-hybridized carbons (Fsp3) is 0.400. The molecule has 0 radical (unpaired) electrons. The van der Waals surface area contributed by atoms with Crippen LogP contribution in [0, 0.1) is 0 Å². The molecule has 3 heterocycles. The van der Waals surface area contributed by atoms with Crippen LogP contribution in [0.25, 0.3) is 10.7 Å². The number of amides is 1. The molecule has 1 saturated heterocycles. The molecule has 5 nitrogen and oxygen atoms in total. The zero-order valence-corrected chi connectivity index (χ0v) is 12.6. The monoisotopic (exact) mass is 302 g/mol. The van der Waals surface area contributed by atoms with E-state index in [2.05, 4.69) is 15.3 Å². The molecule has 0 spiro atoms. The highest BCUT2D eigenvalue weighted by molar-refractivity contribution is 7.13. The number of nitrogens with zero attached hydrogens (tertiary/aromatic N) is 3. The zero-order chi connectivity index (χ0) is 14.5. The van der Waals surface area contributed by atoms with Gasteiger partial charge in [-0.25, -0.2) is 4.98 Å². The van der Waals surface area contributed by atoms with Gasteiger partial charge >= 0.3 is 0 Å². The van der Waals surface area contributed by atoms with Crippen LogP contribution in [-0.2, 0) is 11.3 Å². The van der Waals surface area contributed by atoms with Gasteiger partial charge in [0.05, 0.1) is 17.9 Å². The van der Waals surface area contributed by atoms with E-state index in [1.165, 1.54) is 0 Å². The number of pyridine rings is 1. The van der Waals surface area contributed by atoms with Crippen molar-refractivity contribution < 1.29 is 4.79 Å². The quantitative estimate of drug-likeness (QED) is 0.917. The predicted molar refractivity (Wildman–Crippen MR) is 82.9 cm³/mol. The number of carbonyl (C=O) groups is 1. The van der Waals surface area contributed by atoms with Gasteiger partial charge in [0.15, 0.2) is 0 Å². The summed E-state index contributed by atoms with van der Waals surface area (Å²) in [6.07, 6.45) is 4.03. The summed E-state index contributed by atoms with van der Waals surface area (Å²) in [5.41, 5.74) is 1.84. The van der Waals surface area contributed by atoms with Crippen LogP contribution < -0.4 is 5.32 Å². The van der Waals surface area contributed by atoms with E-state index in [0.29, 0.717) is 13.1 Å². The topological polar surface area (TPSA) is 58.1 Å². The standard InChI is InChI=1S/C15H18N4OS/c20-14(19-7-3-4-8-19)10-16-9-12-11-21-15(18-12)13-5-1-2-6-17-13/h1-2,5-6,11,16H,3-4,7-10H2. The summed E-state index contributed by atoms with van der Waals surface area (Å²) in [5, 5.41) is 6.10. The molecule has 1 aliphatic heterocycles. The molecule has 21 heavy (non-hydrogen) atoms. The van der Waals surface area contributed by atoms with E-state index in [4.69, 9.17) is 0 Å². The smallest absolute Gasteiger partial charge is 0.236 e. The summed E-state index contributed by atoms with van der Waals surface area (Å²) >= 11 is 1.58. The van der Waals surface area contributed by atoms with Crippen molar-refractivity contribution in [3.05, 3.63) is 35.5 Å². The highest BCUT2D eigenvalue weighted by Crippen LogP contribution is 2.21. The summed E-state index contributed by atoms with van der Waals surface area (Å²) in [4.78, 5) is 22.7. The van der Waals surface area contributed by atoms with E-state index in [1.807, 2.05) is 28.5 Å². The number of carbonyl (C=O) groups excluding carboxylic acids is 1. The lowest BCUT2D eigenvalue weighted by atomic mass is 10.3. The van der Waals surface area contributed by atoms with Gasteiger partial charge in [-0.2, -0.15) is 0 Å². The Morgan fingerprint density at radius 1 is 1.33 bits per heavy atom. The maximum Gasteiger partial charge on any atom is 0.236 e. The van der Waals surface area contributed by atoms with E-state index in [-0.39, 0.29) is 5.91 Å². The van der Waals surface area contributed by atoms with Crippen LogP contribution >= 0.6 is 11.3 Å². The highest BCUT2D eigenvalue weighted by Gasteiger charge is 2.17. The van der Waals surface area contributed by atoms with Gasteiger partial charge in [0.1, 0.15) is 5.01 Å². The third-order valence-corrected chi connectivity index (χ3v) is 4.39. The Hall–Kier alpha value is -1.79. The van der Waals surface area contributed by atoms with Crippen LogP contribution in [0.4, 0.5) is 0 Å². The van der Waals surface area contributed by atoms with Crippen molar-refractivity contribution in [3.8, 4) is 10.7 Å². The second-order valence-electron chi connectivity index (χ2n) is 5.05. The van der Waals surface area contributed by atoms with Gasteiger partial charge in [0, 0.05) is 31.2 Å². The maximum absolute atomic E-state index is 11.9. The Labute approximate surface area is 128 Å². The average Bonchev–Trinajstić information content (AvgIpc) is 3.20. The van der Waals surface area contributed by atoms with Gasteiger partial charge in [-0.3, -0.25) is 9.78 Å². The third kappa shape index (κ3) is 3.65. The second-order valence-corrected chi connectivity index (χ2v) is 5.91. The molecule has 0 aliphatic carbocycles. The molecule has 6 heteroatoms. The van der Waals surface area contributed by atoms with Gasteiger partial charge in [-0.1, -0.05) is 6.07 Å². The molecule has 0 unspecified atom stereocenters. The number of thiazole rings is 1. The van der Waals surface area contributed by atoms with Crippen LogP contribution in [0.2, 0.25) is 0 Å². The van der Waals surface area contributed by atoms with Crippen LogP contribution in [0.5, 0.6) is 0 Å². The van der Waals surface area contributed by atoms with E-state index < -0.39 is 0 Å². The lowest BCUT2D eigenvalue weighted by Crippen LogP contribution is -2.36. The molecule has 3 rings (SSSR count). The number of aromatic nitrogens is 2. The van der Waals surface area contributed by atoms with Crippen molar-refractivity contribution in [2.75, 3.05) is 19.6 Å². The first-order valence-electron chi connectivity index (χ1n) is 7.17. The fourth-order valence-corrected chi connectivity index (χ4v) is 3.17. The minimum absolute atomic E-state index is 0.188. The van der Waals surface area contributed by atoms with Gasteiger partial charge < -0.3 is 10.2 Å². The molecule has 1 aliphatic rings. The van der Waals surface area contributed by atoms with Crippen molar-refractivity contribution in [2.45, 2.75) is 19.4 Å². The van der Waals surface area contributed by atoms with Crippen molar-refractivity contribution in [1.29, 1.82) is 0 Å². The molecule has 0 aromatic carbocycles.